The number of hydrogen-bond acceptors (Lipinski definition) is 3. The monoisotopic (exact) mass is 258 g/mol. The normalized spacial score (nSPS) is 26.1. The highest BCUT2D eigenvalue weighted by Gasteiger charge is 2.40. The minimum absolute atomic E-state index is 0.144. The zero-order valence-electron chi connectivity index (χ0n) is 11.8. The van der Waals surface area contributed by atoms with E-state index in [1.807, 2.05) is 18.2 Å². The van der Waals surface area contributed by atoms with Crippen molar-refractivity contribution in [1.29, 1.82) is 5.26 Å². The molecule has 102 valence electrons. The molecule has 0 heterocycles. The molecule has 0 radical (unpaired) electrons. The standard InChI is InChI=1S/C16H22N2O/c1-3-9-18-16(12-17)8-7-15(11-16)19-14-6-4-5-13(2)10-14/h4-6,10,15,18H,3,7-9,11H2,1-2H3. The van der Waals surface area contributed by atoms with Crippen LogP contribution in [0.25, 0.3) is 0 Å². The van der Waals surface area contributed by atoms with Crippen LogP contribution >= 0.6 is 0 Å². The van der Waals surface area contributed by atoms with Crippen LogP contribution in [0.2, 0.25) is 0 Å². The molecule has 0 aliphatic heterocycles. The van der Waals surface area contributed by atoms with Crippen LogP contribution in [-0.2, 0) is 0 Å². The predicted molar refractivity (Wildman–Crippen MR) is 76.1 cm³/mol. The second-order valence-electron chi connectivity index (χ2n) is 5.42. The minimum Gasteiger partial charge on any atom is -0.490 e. The van der Waals surface area contributed by atoms with Crippen molar-refractivity contribution in [2.45, 2.75) is 51.2 Å². The molecule has 1 aliphatic carbocycles. The van der Waals surface area contributed by atoms with E-state index in [0.29, 0.717) is 0 Å². The highest BCUT2D eigenvalue weighted by atomic mass is 16.5. The van der Waals surface area contributed by atoms with Gasteiger partial charge in [0.2, 0.25) is 0 Å². The summed E-state index contributed by atoms with van der Waals surface area (Å²) in [5, 5.41) is 12.8. The third-order valence-electron chi connectivity index (χ3n) is 3.69. The topological polar surface area (TPSA) is 45.0 Å². The zero-order chi connectivity index (χ0) is 13.7. The number of nitrogens with zero attached hydrogens (tertiary/aromatic N) is 1. The summed E-state index contributed by atoms with van der Waals surface area (Å²) in [6.45, 7) is 5.07. The fraction of sp³-hybridized carbons (Fsp3) is 0.562. The fourth-order valence-electron chi connectivity index (χ4n) is 2.65. The van der Waals surface area contributed by atoms with Gasteiger partial charge < -0.3 is 4.74 Å². The van der Waals surface area contributed by atoms with Crippen molar-refractivity contribution in [3.63, 3.8) is 0 Å². The van der Waals surface area contributed by atoms with Crippen LogP contribution in [0, 0.1) is 18.3 Å². The maximum absolute atomic E-state index is 9.40. The lowest BCUT2D eigenvalue weighted by atomic mass is 9.99. The number of hydrogen-bond donors (Lipinski definition) is 1. The summed E-state index contributed by atoms with van der Waals surface area (Å²) in [7, 11) is 0. The van der Waals surface area contributed by atoms with E-state index in [4.69, 9.17) is 4.74 Å². The minimum atomic E-state index is -0.384. The first kappa shape index (κ1) is 13.9. The lowest BCUT2D eigenvalue weighted by Gasteiger charge is -2.22. The number of benzene rings is 1. The first-order valence-electron chi connectivity index (χ1n) is 7.07. The van der Waals surface area contributed by atoms with Gasteiger partial charge in [0, 0.05) is 6.42 Å². The van der Waals surface area contributed by atoms with Crippen LogP contribution in [-0.4, -0.2) is 18.2 Å². The summed E-state index contributed by atoms with van der Waals surface area (Å²) in [5.74, 6) is 0.911. The SMILES string of the molecule is CCCNC1(C#N)CCC(Oc2cccc(C)c2)C1. The van der Waals surface area contributed by atoms with Gasteiger partial charge in [0.25, 0.3) is 0 Å². The Morgan fingerprint density at radius 3 is 3.05 bits per heavy atom. The van der Waals surface area contributed by atoms with Crippen molar-refractivity contribution in [2.75, 3.05) is 6.54 Å². The number of aryl methyl sites for hydroxylation is 1. The van der Waals surface area contributed by atoms with E-state index in [1.165, 1.54) is 5.56 Å². The van der Waals surface area contributed by atoms with Gasteiger partial charge >= 0.3 is 0 Å². The quantitative estimate of drug-likeness (QED) is 0.882. The summed E-state index contributed by atoms with van der Waals surface area (Å²) in [6, 6.07) is 10.5. The Morgan fingerprint density at radius 2 is 2.37 bits per heavy atom. The Balaban J connectivity index is 1.96. The van der Waals surface area contributed by atoms with E-state index in [9.17, 15) is 5.26 Å². The molecule has 19 heavy (non-hydrogen) atoms. The molecule has 0 saturated heterocycles. The molecule has 3 nitrogen and oxygen atoms in total. The van der Waals surface area contributed by atoms with Gasteiger partial charge in [-0.3, -0.25) is 5.32 Å². The van der Waals surface area contributed by atoms with Crippen LogP contribution in [0.3, 0.4) is 0 Å². The number of ether oxygens (including phenoxy) is 1. The Hall–Kier alpha value is -1.53. The second-order valence-corrected chi connectivity index (χ2v) is 5.42. The van der Waals surface area contributed by atoms with Crippen LogP contribution in [0.4, 0.5) is 0 Å². The maximum atomic E-state index is 9.40. The molecule has 2 unspecified atom stereocenters. The molecule has 3 heteroatoms. The Labute approximate surface area is 115 Å². The zero-order valence-corrected chi connectivity index (χ0v) is 11.8. The molecule has 1 fully saturated rings. The third kappa shape index (κ3) is 3.48. The molecule has 1 saturated carbocycles. The Kier molecular flexibility index (Phi) is 4.44. The molecule has 0 amide bonds. The summed E-state index contributed by atoms with van der Waals surface area (Å²) in [4.78, 5) is 0. The van der Waals surface area contributed by atoms with Gasteiger partial charge in [-0.2, -0.15) is 5.26 Å². The smallest absolute Gasteiger partial charge is 0.119 e. The average Bonchev–Trinajstić information content (AvgIpc) is 2.80. The van der Waals surface area contributed by atoms with Crippen LogP contribution in [0.15, 0.2) is 24.3 Å². The van der Waals surface area contributed by atoms with Crippen LogP contribution < -0.4 is 10.1 Å². The molecule has 2 rings (SSSR count). The number of rotatable bonds is 5. The summed E-state index contributed by atoms with van der Waals surface area (Å²) in [6.07, 6.45) is 3.79. The van der Waals surface area contributed by atoms with Gasteiger partial charge in [-0.1, -0.05) is 19.1 Å². The van der Waals surface area contributed by atoms with Gasteiger partial charge in [0.15, 0.2) is 0 Å². The van der Waals surface area contributed by atoms with Crippen molar-refractivity contribution in [3.05, 3.63) is 29.8 Å². The van der Waals surface area contributed by atoms with Crippen molar-refractivity contribution < 1.29 is 4.74 Å². The lowest BCUT2D eigenvalue weighted by molar-refractivity contribution is 0.201. The second kappa shape index (κ2) is 6.08. The number of nitriles is 1. The maximum Gasteiger partial charge on any atom is 0.119 e. The Morgan fingerprint density at radius 1 is 1.53 bits per heavy atom. The van der Waals surface area contributed by atoms with E-state index in [1.54, 1.807) is 0 Å². The van der Waals surface area contributed by atoms with Gasteiger partial charge in [-0.15, -0.1) is 0 Å². The van der Waals surface area contributed by atoms with E-state index in [0.717, 1.165) is 38.0 Å². The first-order chi connectivity index (χ1) is 9.17. The van der Waals surface area contributed by atoms with Crippen molar-refractivity contribution in [2.24, 2.45) is 0 Å². The highest BCUT2D eigenvalue weighted by Crippen LogP contribution is 2.32. The van der Waals surface area contributed by atoms with E-state index in [2.05, 4.69) is 31.3 Å². The van der Waals surface area contributed by atoms with E-state index < -0.39 is 0 Å². The summed E-state index contributed by atoms with van der Waals surface area (Å²) < 4.78 is 6.00. The van der Waals surface area contributed by atoms with Crippen molar-refractivity contribution >= 4 is 0 Å². The van der Waals surface area contributed by atoms with Gasteiger partial charge in [-0.05, 0) is 50.4 Å². The predicted octanol–water partition coefficient (Wildman–Crippen LogP) is 3.19. The van der Waals surface area contributed by atoms with Gasteiger partial charge in [-0.25, -0.2) is 0 Å². The molecular weight excluding hydrogens is 236 g/mol. The van der Waals surface area contributed by atoms with Crippen LogP contribution in [0.5, 0.6) is 5.75 Å². The molecule has 1 aromatic carbocycles. The number of nitrogens with one attached hydrogen (secondary N) is 1. The first-order valence-corrected chi connectivity index (χ1v) is 7.07. The molecule has 1 aromatic rings. The van der Waals surface area contributed by atoms with Crippen molar-refractivity contribution in [1.82, 2.24) is 5.32 Å². The molecule has 0 bridgehead atoms. The van der Waals surface area contributed by atoms with Gasteiger partial charge in [0.1, 0.15) is 17.4 Å². The average molecular weight is 258 g/mol. The molecule has 1 N–H and O–H groups in total. The van der Waals surface area contributed by atoms with E-state index in [-0.39, 0.29) is 11.6 Å². The van der Waals surface area contributed by atoms with Crippen molar-refractivity contribution in [3.8, 4) is 11.8 Å². The summed E-state index contributed by atoms with van der Waals surface area (Å²) >= 11 is 0. The largest absolute Gasteiger partial charge is 0.490 e. The molecule has 1 aliphatic rings. The molecule has 2 atom stereocenters. The van der Waals surface area contributed by atoms with Crippen LogP contribution in [0.1, 0.15) is 38.2 Å². The summed E-state index contributed by atoms with van der Waals surface area (Å²) in [5.41, 5.74) is 0.816. The fourth-order valence-corrected chi connectivity index (χ4v) is 2.65. The molecule has 0 aromatic heterocycles. The third-order valence-corrected chi connectivity index (χ3v) is 3.69. The molecular formula is C16H22N2O. The Bertz CT molecular complexity index is 466. The van der Waals surface area contributed by atoms with Gasteiger partial charge in [0.05, 0.1) is 6.07 Å². The highest BCUT2D eigenvalue weighted by molar-refractivity contribution is 5.28. The van der Waals surface area contributed by atoms with E-state index >= 15 is 0 Å². The lowest BCUT2D eigenvalue weighted by Crippen LogP contribution is -2.42. The molecule has 0 spiro atoms.